The van der Waals surface area contributed by atoms with Crippen molar-refractivity contribution in [2.45, 2.75) is 6.10 Å². The zero-order chi connectivity index (χ0) is 13.0. The average molecular weight is 267 g/mol. The van der Waals surface area contributed by atoms with Gasteiger partial charge in [-0.05, 0) is 24.4 Å². The van der Waals surface area contributed by atoms with Gasteiger partial charge in [-0.15, -0.1) is 0 Å². The summed E-state index contributed by atoms with van der Waals surface area (Å²) in [4.78, 5) is 11.3. The van der Waals surface area contributed by atoms with Gasteiger partial charge in [0.2, 0.25) is 0 Å². The predicted molar refractivity (Wildman–Crippen MR) is 69.7 cm³/mol. The van der Waals surface area contributed by atoms with Crippen molar-refractivity contribution >= 4 is 23.4 Å². The summed E-state index contributed by atoms with van der Waals surface area (Å²) in [6, 6.07) is 6.92. The Balaban J connectivity index is 1.83. The zero-order valence-electron chi connectivity index (χ0n) is 9.51. The number of urea groups is 1. The molecule has 1 aromatic rings. The van der Waals surface area contributed by atoms with Crippen LogP contribution in [0.4, 0.5) is 4.79 Å². The number of benzene rings is 1. The van der Waals surface area contributed by atoms with Crippen LogP contribution in [0.1, 0.15) is 0 Å². The molecule has 0 spiro atoms. The van der Waals surface area contributed by atoms with Gasteiger partial charge in [0.15, 0.2) is 22.7 Å². The number of carbonyl (C=O) groups excluding carboxylic acids is 1. The number of nitrogens with one attached hydrogen (secondary N) is 2. The molecule has 4 N–H and O–H groups in total. The molecule has 0 aliphatic carbocycles. The highest BCUT2D eigenvalue weighted by molar-refractivity contribution is 7.80. The number of ether oxygens (including phenoxy) is 2. The monoisotopic (exact) mass is 267 g/mol. The highest BCUT2D eigenvalue weighted by Gasteiger charge is 2.20. The van der Waals surface area contributed by atoms with E-state index in [1.807, 2.05) is 24.3 Å². The lowest BCUT2D eigenvalue weighted by molar-refractivity contribution is 0.0920. The quantitative estimate of drug-likeness (QED) is 0.674. The Kier molecular flexibility index (Phi) is 3.83. The van der Waals surface area contributed by atoms with E-state index < -0.39 is 6.03 Å². The lowest BCUT2D eigenvalue weighted by atomic mass is 10.2. The molecular formula is C11H13N3O3S. The van der Waals surface area contributed by atoms with E-state index in [9.17, 15) is 4.79 Å². The van der Waals surface area contributed by atoms with Gasteiger partial charge in [0.1, 0.15) is 6.61 Å². The minimum absolute atomic E-state index is 0.0707. The third-order valence-corrected chi connectivity index (χ3v) is 2.40. The Morgan fingerprint density at radius 2 is 2.17 bits per heavy atom. The number of carbonyl (C=O) groups is 1. The fraction of sp³-hybridized carbons (Fsp3) is 0.273. The van der Waals surface area contributed by atoms with Crippen molar-refractivity contribution in [1.29, 1.82) is 0 Å². The van der Waals surface area contributed by atoms with Crippen LogP contribution in [0, 0.1) is 0 Å². The molecule has 96 valence electrons. The Morgan fingerprint density at radius 1 is 1.44 bits per heavy atom. The number of fused-ring (bicyclic) bond motifs is 1. The molecule has 7 heteroatoms. The van der Waals surface area contributed by atoms with E-state index in [0.717, 1.165) is 0 Å². The molecule has 6 nitrogen and oxygen atoms in total. The summed E-state index contributed by atoms with van der Waals surface area (Å²) in [7, 11) is 0. The van der Waals surface area contributed by atoms with Crippen molar-refractivity contribution in [2.75, 3.05) is 13.2 Å². The third kappa shape index (κ3) is 3.24. The van der Waals surface area contributed by atoms with Gasteiger partial charge < -0.3 is 20.5 Å². The molecule has 1 aliphatic rings. The van der Waals surface area contributed by atoms with E-state index in [0.29, 0.717) is 24.7 Å². The van der Waals surface area contributed by atoms with Gasteiger partial charge in [0.25, 0.3) is 0 Å². The molecule has 1 unspecified atom stereocenters. The van der Waals surface area contributed by atoms with Crippen molar-refractivity contribution in [3.63, 3.8) is 0 Å². The molecule has 1 heterocycles. The third-order valence-electron chi connectivity index (χ3n) is 2.29. The Hall–Kier alpha value is -2.02. The Bertz CT molecular complexity index is 467. The first-order chi connectivity index (χ1) is 8.65. The molecule has 2 rings (SSSR count). The predicted octanol–water partition coefficient (Wildman–Crippen LogP) is 0.369. The minimum Gasteiger partial charge on any atom is -0.486 e. The van der Waals surface area contributed by atoms with Crippen molar-refractivity contribution in [1.82, 2.24) is 10.6 Å². The van der Waals surface area contributed by atoms with E-state index in [-0.39, 0.29) is 11.2 Å². The van der Waals surface area contributed by atoms with Gasteiger partial charge in [0, 0.05) is 0 Å². The van der Waals surface area contributed by atoms with Gasteiger partial charge >= 0.3 is 6.03 Å². The first-order valence-electron chi connectivity index (χ1n) is 5.38. The highest BCUT2D eigenvalue weighted by atomic mass is 32.1. The van der Waals surface area contributed by atoms with E-state index >= 15 is 0 Å². The van der Waals surface area contributed by atoms with Crippen LogP contribution >= 0.6 is 12.2 Å². The molecular weight excluding hydrogens is 254 g/mol. The molecule has 1 atom stereocenters. The number of rotatable bonds is 2. The normalized spacial score (nSPS) is 16.8. The molecule has 0 saturated carbocycles. The molecule has 0 aromatic heterocycles. The van der Waals surface area contributed by atoms with Crippen LogP contribution in [0.25, 0.3) is 0 Å². The summed E-state index contributed by atoms with van der Waals surface area (Å²) in [6.07, 6.45) is -0.239. The maximum absolute atomic E-state index is 11.3. The van der Waals surface area contributed by atoms with Gasteiger partial charge in [-0.2, -0.15) is 0 Å². The van der Waals surface area contributed by atoms with Gasteiger partial charge in [-0.3, -0.25) is 5.32 Å². The van der Waals surface area contributed by atoms with Crippen LogP contribution in [-0.2, 0) is 0 Å². The lowest BCUT2D eigenvalue weighted by Gasteiger charge is -2.26. The second-order valence-corrected chi connectivity index (χ2v) is 4.14. The summed E-state index contributed by atoms with van der Waals surface area (Å²) in [5, 5.41) is 4.79. The summed E-state index contributed by atoms with van der Waals surface area (Å²) < 4.78 is 11.2. The lowest BCUT2D eigenvalue weighted by Crippen LogP contribution is -2.47. The topological polar surface area (TPSA) is 85.6 Å². The molecule has 2 amide bonds. The maximum Gasteiger partial charge on any atom is 0.321 e. The standard InChI is InChI=1S/C11H13N3O3S/c12-10(18)14-11(15)13-5-7-6-16-8-3-1-2-4-9(8)17-7/h1-4,7H,5-6H2,(H4,12,13,14,15,18). The maximum atomic E-state index is 11.3. The molecule has 0 radical (unpaired) electrons. The van der Waals surface area contributed by atoms with Crippen molar-refractivity contribution in [2.24, 2.45) is 5.73 Å². The second-order valence-electron chi connectivity index (χ2n) is 3.70. The number of amides is 2. The van der Waals surface area contributed by atoms with Crippen LogP contribution in [0.2, 0.25) is 0 Å². The molecule has 1 aliphatic heterocycles. The number of nitrogens with two attached hydrogens (primary N) is 1. The van der Waals surface area contributed by atoms with Crippen molar-refractivity contribution in [3.8, 4) is 11.5 Å². The van der Waals surface area contributed by atoms with E-state index in [1.165, 1.54) is 0 Å². The van der Waals surface area contributed by atoms with E-state index in [2.05, 4.69) is 22.9 Å². The minimum atomic E-state index is -0.454. The molecule has 1 aromatic carbocycles. The molecule has 18 heavy (non-hydrogen) atoms. The van der Waals surface area contributed by atoms with E-state index in [4.69, 9.17) is 15.2 Å². The number of hydrogen-bond acceptors (Lipinski definition) is 4. The zero-order valence-corrected chi connectivity index (χ0v) is 10.3. The first kappa shape index (κ1) is 12.4. The highest BCUT2D eigenvalue weighted by Crippen LogP contribution is 2.30. The van der Waals surface area contributed by atoms with Crippen molar-refractivity contribution < 1.29 is 14.3 Å². The number of thiocarbonyl (C=S) groups is 1. The van der Waals surface area contributed by atoms with Crippen LogP contribution in [-0.4, -0.2) is 30.4 Å². The summed E-state index contributed by atoms with van der Waals surface area (Å²) in [5.41, 5.74) is 5.17. The first-order valence-corrected chi connectivity index (χ1v) is 5.79. The van der Waals surface area contributed by atoms with Gasteiger partial charge in [-0.1, -0.05) is 12.1 Å². The van der Waals surface area contributed by atoms with Crippen LogP contribution < -0.4 is 25.8 Å². The molecule has 0 fully saturated rings. The second kappa shape index (κ2) is 5.54. The van der Waals surface area contributed by atoms with Crippen molar-refractivity contribution in [3.05, 3.63) is 24.3 Å². The number of hydrogen-bond donors (Lipinski definition) is 3. The smallest absolute Gasteiger partial charge is 0.321 e. The summed E-state index contributed by atoms with van der Waals surface area (Å²) in [5.74, 6) is 1.38. The fourth-order valence-electron chi connectivity index (χ4n) is 1.53. The van der Waals surface area contributed by atoms with Crippen LogP contribution in [0.5, 0.6) is 11.5 Å². The SMILES string of the molecule is NC(=S)NC(=O)NCC1COc2ccccc2O1. The number of para-hydroxylation sites is 2. The summed E-state index contributed by atoms with van der Waals surface area (Å²) >= 11 is 4.54. The molecule has 0 bridgehead atoms. The fourth-order valence-corrected chi connectivity index (χ4v) is 1.62. The average Bonchev–Trinajstić information content (AvgIpc) is 2.35. The van der Waals surface area contributed by atoms with Gasteiger partial charge in [-0.25, -0.2) is 4.79 Å². The van der Waals surface area contributed by atoms with Gasteiger partial charge in [0.05, 0.1) is 6.54 Å². The molecule has 0 saturated heterocycles. The Labute approximate surface area is 109 Å². The summed E-state index contributed by atoms with van der Waals surface area (Å²) in [6.45, 7) is 0.688. The van der Waals surface area contributed by atoms with E-state index in [1.54, 1.807) is 0 Å². The Morgan fingerprint density at radius 3 is 2.89 bits per heavy atom. The van der Waals surface area contributed by atoms with Crippen LogP contribution in [0.3, 0.4) is 0 Å². The van der Waals surface area contributed by atoms with Crippen LogP contribution in [0.15, 0.2) is 24.3 Å². The largest absolute Gasteiger partial charge is 0.486 e.